The monoisotopic (exact) mass is 356 g/mol. The van der Waals surface area contributed by atoms with Gasteiger partial charge in [-0.15, -0.1) is 0 Å². The molecular formula is C24H36O2. The maximum absolute atomic E-state index is 12.7. The van der Waals surface area contributed by atoms with Gasteiger partial charge < -0.3 is 4.74 Å². The maximum atomic E-state index is 12.7. The number of ether oxygens (including phenoxy) is 1. The van der Waals surface area contributed by atoms with E-state index in [1.54, 1.807) is 0 Å². The zero-order valence-electron chi connectivity index (χ0n) is 17.0. The standard InChI is InChI=1S/C24H36O2/c1-17(2)20-14-15-24(4,22-12-10-18(3)21(22)16-20)26-23(25)13-11-19-8-6-5-7-9-19/h5-9,17-18,20-22H,10-16H2,1-4H3. The smallest absolute Gasteiger partial charge is 0.306 e. The molecule has 0 heterocycles. The van der Waals surface area contributed by atoms with E-state index in [2.05, 4.69) is 39.8 Å². The lowest BCUT2D eigenvalue weighted by molar-refractivity contribution is -0.166. The van der Waals surface area contributed by atoms with Crippen LogP contribution in [0, 0.1) is 29.6 Å². The molecule has 0 saturated heterocycles. The Morgan fingerprint density at radius 3 is 2.62 bits per heavy atom. The van der Waals surface area contributed by atoms with E-state index in [9.17, 15) is 4.79 Å². The van der Waals surface area contributed by atoms with Crippen LogP contribution in [0.25, 0.3) is 0 Å². The van der Waals surface area contributed by atoms with E-state index >= 15 is 0 Å². The van der Waals surface area contributed by atoms with Crippen molar-refractivity contribution in [2.75, 3.05) is 0 Å². The van der Waals surface area contributed by atoms with Gasteiger partial charge in [0, 0.05) is 12.3 Å². The number of hydrogen-bond acceptors (Lipinski definition) is 2. The number of carbonyl (C=O) groups is 1. The molecule has 5 atom stereocenters. The van der Waals surface area contributed by atoms with Crippen LogP contribution in [0.15, 0.2) is 30.3 Å². The molecular weight excluding hydrogens is 320 g/mol. The van der Waals surface area contributed by atoms with Gasteiger partial charge in [-0.2, -0.15) is 0 Å². The summed E-state index contributed by atoms with van der Waals surface area (Å²) in [5.41, 5.74) is 0.940. The average Bonchev–Trinajstić information content (AvgIpc) is 2.91. The first-order valence-corrected chi connectivity index (χ1v) is 10.6. The fourth-order valence-electron chi connectivity index (χ4n) is 5.48. The maximum Gasteiger partial charge on any atom is 0.306 e. The second-order valence-electron chi connectivity index (χ2n) is 9.38. The minimum atomic E-state index is -0.271. The molecule has 26 heavy (non-hydrogen) atoms. The summed E-state index contributed by atoms with van der Waals surface area (Å²) in [7, 11) is 0. The number of hydrogen-bond donors (Lipinski definition) is 0. The summed E-state index contributed by atoms with van der Waals surface area (Å²) < 4.78 is 6.23. The molecule has 3 rings (SSSR count). The van der Waals surface area contributed by atoms with Crippen LogP contribution in [0.5, 0.6) is 0 Å². The van der Waals surface area contributed by atoms with Gasteiger partial charge in [-0.25, -0.2) is 0 Å². The second-order valence-corrected chi connectivity index (χ2v) is 9.38. The Hall–Kier alpha value is -1.31. The van der Waals surface area contributed by atoms with Crippen LogP contribution in [0.1, 0.15) is 71.8 Å². The van der Waals surface area contributed by atoms with E-state index in [1.807, 2.05) is 18.2 Å². The number of aryl methyl sites for hydroxylation is 1. The van der Waals surface area contributed by atoms with Crippen LogP contribution < -0.4 is 0 Å². The molecule has 0 N–H and O–H groups in total. The molecule has 0 aliphatic heterocycles. The van der Waals surface area contributed by atoms with Crippen LogP contribution in [-0.4, -0.2) is 11.6 Å². The summed E-state index contributed by atoms with van der Waals surface area (Å²) in [6, 6.07) is 10.2. The zero-order chi connectivity index (χ0) is 18.7. The Bertz CT molecular complexity index is 593. The van der Waals surface area contributed by atoms with Crippen LogP contribution in [-0.2, 0) is 16.0 Å². The van der Waals surface area contributed by atoms with Gasteiger partial charge >= 0.3 is 5.97 Å². The normalized spacial score (nSPS) is 34.3. The Balaban J connectivity index is 1.67. The first-order valence-electron chi connectivity index (χ1n) is 10.6. The third-order valence-electron chi connectivity index (χ3n) is 7.30. The van der Waals surface area contributed by atoms with E-state index < -0.39 is 0 Å². The quantitative estimate of drug-likeness (QED) is 0.601. The molecule has 0 radical (unpaired) electrons. The number of benzene rings is 1. The van der Waals surface area contributed by atoms with Gasteiger partial charge in [0.1, 0.15) is 5.60 Å². The largest absolute Gasteiger partial charge is 0.459 e. The molecule has 2 saturated carbocycles. The number of fused-ring (bicyclic) bond motifs is 1. The van der Waals surface area contributed by atoms with Gasteiger partial charge in [0.2, 0.25) is 0 Å². The van der Waals surface area contributed by atoms with Crippen molar-refractivity contribution >= 4 is 5.97 Å². The van der Waals surface area contributed by atoms with Crippen LogP contribution >= 0.6 is 0 Å². The minimum absolute atomic E-state index is 0.0161. The van der Waals surface area contributed by atoms with Crippen LogP contribution in [0.2, 0.25) is 0 Å². The van der Waals surface area contributed by atoms with E-state index in [0.29, 0.717) is 12.3 Å². The number of carbonyl (C=O) groups excluding carboxylic acids is 1. The lowest BCUT2D eigenvalue weighted by Crippen LogP contribution is -2.41. The lowest BCUT2D eigenvalue weighted by Gasteiger charge is -2.37. The first-order chi connectivity index (χ1) is 12.4. The van der Waals surface area contributed by atoms with Gasteiger partial charge in [-0.3, -0.25) is 4.79 Å². The SMILES string of the molecule is CC(C)C1CCC(C)(OC(=O)CCc2ccccc2)C2CCC(C)C2C1. The Kier molecular flexibility index (Phi) is 6.10. The molecule has 2 heteroatoms. The van der Waals surface area contributed by atoms with Crippen LogP contribution in [0.4, 0.5) is 0 Å². The van der Waals surface area contributed by atoms with E-state index in [4.69, 9.17) is 4.74 Å². The molecule has 2 aliphatic carbocycles. The molecule has 1 aromatic rings. The summed E-state index contributed by atoms with van der Waals surface area (Å²) in [4.78, 5) is 12.7. The summed E-state index contributed by atoms with van der Waals surface area (Å²) >= 11 is 0. The highest BCUT2D eigenvalue weighted by Gasteiger charge is 2.49. The van der Waals surface area contributed by atoms with Crippen LogP contribution in [0.3, 0.4) is 0 Å². The lowest BCUT2D eigenvalue weighted by atomic mass is 9.77. The molecule has 2 nitrogen and oxygen atoms in total. The van der Waals surface area contributed by atoms with E-state index in [1.165, 1.54) is 31.2 Å². The molecule has 0 spiro atoms. The number of rotatable bonds is 5. The predicted octanol–water partition coefficient (Wildman–Crippen LogP) is 6.04. The molecule has 2 fully saturated rings. The van der Waals surface area contributed by atoms with Gasteiger partial charge in [-0.1, -0.05) is 57.5 Å². The summed E-state index contributed by atoms with van der Waals surface area (Å²) in [5.74, 6) is 3.51. The van der Waals surface area contributed by atoms with Crippen molar-refractivity contribution in [2.24, 2.45) is 29.6 Å². The Morgan fingerprint density at radius 1 is 1.19 bits per heavy atom. The van der Waals surface area contributed by atoms with Crippen molar-refractivity contribution in [3.05, 3.63) is 35.9 Å². The molecule has 0 aromatic heterocycles. The summed E-state index contributed by atoms with van der Waals surface area (Å²) in [6.07, 6.45) is 7.31. The molecule has 0 bridgehead atoms. The van der Waals surface area contributed by atoms with Crippen molar-refractivity contribution in [3.63, 3.8) is 0 Å². The predicted molar refractivity (Wildman–Crippen MR) is 107 cm³/mol. The molecule has 2 aliphatic rings. The van der Waals surface area contributed by atoms with Gasteiger partial charge in [0.15, 0.2) is 0 Å². The highest BCUT2D eigenvalue weighted by atomic mass is 16.6. The minimum Gasteiger partial charge on any atom is -0.459 e. The van der Waals surface area contributed by atoms with E-state index in [-0.39, 0.29) is 11.6 Å². The number of esters is 1. The highest BCUT2D eigenvalue weighted by molar-refractivity contribution is 5.70. The van der Waals surface area contributed by atoms with Gasteiger partial charge in [-0.05, 0) is 68.3 Å². The Morgan fingerprint density at radius 2 is 1.92 bits per heavy atom. The first kappa shape index (κ1) is 19.5. The molecule has 0 amide bonds. The van der Waals surface area contributed by atoms with Crippen molar-refractivity contribution in [3.8, 4) is 0 Å². The second kappa shape index (κ2) is 8.15. The zero-order valence-corrected chi connectivity index (χ0v) is 17.0. The third-order valence-corrected chi connectivity index (χ3v) is 7.30. The van der Waals surface area contributed by atoms with Crippen molar-refractivity contribution in [2.45, 2.75) is 78.2 Å². The highest BCUT2D eigenvalue weighted by Crippen LogP contribution is 2.52. The average molecular weight is 357 g/mol. The summed E-state index contributed by atoms with van der Waals surface area (Å²) in [6.45, 7) is 9.35. The van der Waals surface area contributed by atoms with Crippen molar-refractivity contribution in [1.82, 2.24) is 0 Å². The topological polar surface area (TPSA) is 26.3 Å². The van der Waals surface area contributed by atoms with Crippen molar-refractivity contribution in [1.29, 1.82) is 0 Å². The molecule has 1 aromatic carbocycles. The van der Waals surface area contributed by atoms with Gasteiger partial charge in [0.25, 0.3) is 0 Å². The van der Waals surface area contributed by atoms with Gasteiger partial charge in [0.05, 0.1) is 0 Å². The third kappa shape index (κ3) is 4.32. The molecule has 5 unspecified atom stereocenters. The Labute approximate surface area is 159 Å². The summed E-state index contributed by atoms with van der Waals surface area (Å²) in [5, 5.41) is 0. The fraction of sp³-hybridized carbons (Fsp3) is 0.708. The molecule has 144 valence electrons. The fourth-order valence-corrected chi connectivity index (χ4v) is 5.48. The van der Waals surface area contributed by atoms with Crippen molar-refractivity contribution < 1.29 is 9.53 Å². The van der Waals surface area contributed by atoms with E-state index in [0.717, 1.165) is 36.5 Å².